The molecule has 0 aliphatic carbocycles. The van der Waals surface area contributed by atoms with E-state index in [4.69, 9.17) is 9.79 Å². The maximum atomic E-state index is 13.9. The fourth-order valence-electron chi connectivity index (χ4n) is 1.89. The van der Waals surface area contributed by atoms with Crippen molar-refractivity contribution in [3.63, 3.8) is 0 Å². The molecule has 2 heterocycles. The molecule has 0 aliphatic rings. The Labute approximate surface area is 134 Å². The number of hydrogen-bond acceptors (Lipinski definition) is 4. The molecule has 3 N–H and O–H groups in total. The molecule has 0 amide bonds. The molecule has 6 nitrogen and oxygen atoms in total. The highest BCUT2D eigenvalue weighted by Crippen LogP contribution is 2.62. The normalized spacial score (nSPS) is 13.0. The third kappa shape index (κ3) is 2.40. The van der Waals surface area contributed by atoms with E-state index in [1.165, 1.54) is 6.33 Å². The molecule has 1 aromatic carbocycles. The molecular formula is C11H7BrF2N3O3PS. The van der Waals surface area contributed by atoms with Crippen LogP contribution in [-0.4, -0.2) is 25.0 Å². The van der Waals surface area contributed by atoms with Crippen LogP contribution in [0.15, 0.2) is 29.0 Å². The van der Waals surface area contributed by atoms with Crippen molar-refractivity contribution in [1.82, 2.24) is 15.2 Å². The second-order valence-electron chi connectivity index (χ2n) is 4.38. The average Bonchev–Trinajstić information content (AvgIpc) is 3.06. The molecule has 0 saturated carbocycles. The van der Waals surface area contributed by atoms with Gasteiger partial charge in [0.1, 0.15) is 11.2 Å². The molecule has 0 atom stereocenters. The van der Waals surface area contributed by atoms with Gasteiger partial charge in [-0.3, -0.25) is 4.57 Å². The standard InChI is InChI=1S/C11H7BrF2N3O3PS/c12-8-6-3-5(10-15-4-16-17-10)1-2-7(6)22-9(8)11(13,14)21(18,19)20/h1-4H,(H,15,16,17)(H2,18,19,20). The minimum Gasteiger partial charge on any atom is -0.328 e. The maximum absolute atomic E-state index is 13.9. The third-order valence-corrected chi connectivity index (χ3v) is 6.39. The van der Waals surface area contributed by atoms with E-state index in [0.29, 0.717) is 32.8 Å². The van der Waals surface area contributed by atoms with Crippen LogP contribution in [0.3, 0.4) is 0 Å². The summed E-state index contributed by atoms with van der Waals surface area (Å²) in [5.41, 5.74) is -3.63. The minimum atomic E-state index is -5.61. The summed E-state index contributed by atoms with van der Waals surface area (Å²) in [6.07, 6.45) is 1.38. The molecule has 3 aromatic rings. The number of nitrogens with zero attached hydrogens (tertiary/aromatic N) is 2. The van der Waals surface area contributed by atoms with Crippen molar-refractivity contribution in [2.24, 2.45) is 0 Å². The fraction of sp³-hybridized carbons (Fsp3) is 0.0909. The quantitative estimate of drug-likeness (QED) is 0.573. The zero-order valence-corrected chi connectivity index (χ0v) is 13.8. The predicted molar refractivity (Wildman–Crippen MR) is 80.8 cm³/mol. The highest BCUT2D eigenvalue weighted by molar-refractivity contribution is 9.10. The largest absolute Gasteiger partial charge is 0.400 e. The summed E-state index contributed by atoms with van der Waals surface area (Å²) >= 11 is 3.65. The van der Waals surface area contributed by atoms with Gasteiger partial charge in [-0.25, -0.2) is 0 Å². The Kier molecular flexibility index (Phi) is 3.69. The van der Waals surface area contributed by atoms with Gasteiger partial charge in [-0.2, -0.15) is 8.78 Å². The van der Waals surface area contributed by atoms with Crippen molar-refractivity contribution in [3.05, 3.63) is 33.9 Å². The first kappa shape index (κ1) is 15.7. The lowest BCUT2D eigenvalue weighted by Gasteiger charge is -2.16. The van der Waals surface area contributed by atoms with Gasteiger partial charge < -0.3 is 14.8 Å². The van der Waals surface area contributed by atoms with Crippen molar-refractivity contribution in [1.29, 1.82) is 0 Å². The van der Waals surface area contributed by atoms with Crippen molar-refractivity contribution >= 4 is 44.9 Å². The molecule has 116 valence electrons. The lowest BCUT2D eigenvalue weighted by Crippen LogP contribution is -2.12. The lowest BCUT2D eigenvalue weighted by atomic mass is 10.1. The van der Waals surface area contributed by atoms with Crippen molar-refractivity contribution in [3.8, 4) is 11.4 Å². The monoisotopic (exact) mass is 409 g/mol. The number of rotatable bonds is 3. The zero-order valence-electron chi connectivity index (χ0n) is 10.5. The Bertz CT molecular complexity index is 894. The molecule has 2 aromatic heterocycles. The number of hydrogen-bond donors (Lipinski definition) is 3. The van der Waals surface area contributed by atoms with Gasteiger partial charge in [0.05, 0.1) is 0 Å². The second kappa shape index (κ2) is 5.17. The number of aromatic nitrogens is 3. The zero-order chi connectivity index (χ0) is 16.1. The minimum absolute atomic E-state index is 0.0396. The fourth-order valence-corrected chi connectivity index (χ4v) is 4.81. The van der Waals surface area contributed by atoms with Gasteiger partial charge in [0.25, 0.3) is 0 Å². The van der Waals surface area contributed by atoms with Crippen LogP contribution >= 0.6 is 34.9 Å². The molecule has 0 bridgehead atoms. The molecule has 22 heavy (non-hydrogen) atoms. The summed E-state index contributed by atoms with van der Waals surface area (Å²) < 4.78 is 39.3. The summed E-state index contributed by atoms with van der Waals surface area (Å²) in [6, 6.07) is 4.84. The Morgan fingerprint density at radius 2 is 2.09 bits per heavy atom. The van der Waals surface area contributed by atoms with Crippen LogP contribution in [0, 0.1) is 0 Å². The van der Waals surface area contributed by atoms with Gasteiger partial charge in [-0.05, 0) is 34.1 Å². The Morgan fingerprint density at radius 1 is 1.36 bits per heavy atom. The SMILES string of the molecule is O=P(O)(O)C(F)(F)c1sc2ccc(-c3nnc[nH]3)cc2c1Br. The first-order valence-corrected chi connectivity index (χ1v) is 8.96. The molecular weight excluding hydrogens is 403 g/mol. The van der Waals surface area contributed by atoms with Crippen LogP contribution < -0.4 is 0 Å². The van der Waals surface area contributed by atoms with Crippen molar-refractivity contribution in [2.45, 2.75) is 5.66 Å². The molecule has 0 aliphatic heterocycles. The lowest BCUT2D eigenvalue weighted by molar-refractivity contribution is 0.0595. The van der Waals surface area contributed by atoms with Crippen LogP contribution in [0.5, 0.6) is 0 Å². The number of H-pyrrole nitrogens is 1. The van der Waals surface area contributed by atoms with E-state index in [1.54, 1.807) is 18.2 Å². The molecule has 0 saturated heterocycles. The van der Waals surface area contributed by atoms with Gasteiger partial charge in [0.15, 0.2) is 5.82 Å². The topological polar surface area (TPSA) is 99.1 Å². The van der Waals surface area contributed by atoms with Gasteiger partial charge >= 0.3 is 13.3 Å². The number of nitrogens with one attached hydrogen (secondary N) is 1. The summed E-state index contributed by atoms with van der Waals surface area (Å²) in [5.74, 6) is 0.461. The Balaban J connectivity index is 2.20. The summed E-state index contributed by atoms with van der Waals surface area (Å²) in [6.45, 7) is 0. The average molecular weight is 410 g/mol. The van der Waals surface area contributed by atoms with Gasteiger partial charge in [-0.15, -0.1) is 21.5 Å². The Morgan fingerprint density at radius 3 is 2.68 bits per heavy atom. The van der Waals surface area contributed by atoms with Crippen LogP contribution in [-0.2, 0) is 10.2 Å². The first-order chi connectivity index (χ1) is 10.2. The first-order valence-electron chi connectivity index (χ1n) is 5.74. The summed E-state index contributed by atoms with van der Waals surface area (Å²) in [4.78, 5) is 19.8. The van der Waals surface area contributed by atoms with E-state index < -0.39 is 18.1 Å². The smallest absolute Gasteiger partial charge is 0.328 e. The van der Waals surface area contributed by atoms with Gasteiger partial charge in [0.2, 0.25) is 0 Å². The molecule has 0 fully saturated rings. The van der Waals surface area contributed by atoms with E-state index >= 15 is 0 Å². The van der Waals surface area contributed by atoms with Crippen LogP contribution in [0.1, 0.15) is 4.88 Å². The molecule has 0 radical (unpaired) electrons. The van der Waals surface area contributed by atoms with E-state index in [1.807, 2.05) is 0 Å². The van der Waals surface area contributed by atoms with Crippen LogP contribution in [0.4, 0.5) is 8.78 Å². The molecule has 11 heteroatoms. The van der Waals surface area contributed by atoms with Crippen LogP contribution in [0.25, 0.3) is 21.5 Å². The van der Waals surface area contributed by atoms with E-state index in [-0.39, 0.29) is 4.47 Å². The molecule has 3 rings (SSSR count). The number of benzene rings is 1. The van der Waals surface area contributed by atoms with Crippen molar-refractivity contribution in [2.75, 3.05) is 0 Å². The number of thiophene rings is 1. The Hall–Kier alpha value is -1.19. The van der Waals surface area contributed by atoms with Gasteiger partial charge in [-0.1, -0.05) is 0 Å². The summed E-state index contributed by atoms with van der Waals surface area (Å²) in [5, 5.41) is 7.89. The predicted octanol–water partition coefficient (Wildman–Crippen LogP) is 3.68. The third-order valence-electron chi connectivity index (χ3n) is 2.96. The second-order valence-corrected chi connectivity index (χ2v) is 7.87. The molecule has 0 unspecified atom stereocenters. The number of fused-ring (bicyclic) bond motifs is 1. The number of alkyl halides is 2. The summed E-state index contributed by atoms with van der Waals surface area (Å²) in [7, 11) is -5.61. The van der Waals surface area contributed by atoms with E-state index in [0.717, 1.165) is 0 Å². The highest BCUT2D eigenvalue weighted by atomic mass is 79.9. The van der Waals surface area contributed by atoms with Crippen LogP contribution in [0.2, 0.25) is 0 Å². The van der Waals surface area contributed by atoms with Gasteiger partial charge in [0, 0.05) is 20.1 Å². The maximum Gasteiger partial charge on any atom is 0.400 e. The van der Waals surface area contributed by atoms with E-state index in [2.05, 4.69) is 31.1 Å². The van der Waals surface area contributed by atoms with E-state index in [9.17, 15) is 13.3 Å². The molecule has 0 spiro atoms. The highest BCUT2D eigenvalue weighted by Gasteiger charge is 2.53. The number of halogens is 3. The van der Waals surface area contributed by atoms with Crippen molar-refractivity contribution < 1.29 is 23.1 Å². The number of aromatic amines is 1.